The summed E-state index contributed by atoms with van der Waals surface area (Å²) in [4.78, 5) is 29.0. The van der Waals surface area contributed by atoms with Crippen LogP contribution in [0.25, 0.3) is 0 Å². The summed E-state index contributed by atoms with van der Waals surface area (Å²) < 4.78 is 26.8. The first kappa shape index (κ1) is 18.8. The van der Waals surface area contributed by atoms with Crippen molar-refractivity contribution in [1.82, 2.24) is 15.1 Å². The molecule has 1 aromatic rings. The van der Waals surface area contributed by atoms with Crippen molar-refractivity contribution in [2.45, 2.75) is 38.1 Å². The zero-order valence-corrected chi connectivity index (χ0v) is 14.8. The molecule has 0 spiro atoms. The summed E-state index contributed by atoms with van der Waals surface area (Å²) >= 11 is 0. The Labute approximate surface area is 152 Å². The van der Waals surface area contributed by atoms with Crippen molar-refractivity contribution in [1.29, 1.82) is 0 Å². The molecule has 0 bridgehead atoms. The van der Waals surface area contributed by atoms with E-state index in [1.807, 2.05) is 0 Å². The Balaban J connectivity index is 1.78. The lowest BCUT2D eigenvalue weighted by Crippen LogP contribution is -2.52. The van der Waals surface area contributed by atoms with Crippen molar-refractivity contribution in [3.63, 3.8) is 0 Å². The van der Waals surface area contributed by atoms with Gasteiger partial charge in [0.25, 0.3) is 5.91 Å². The van der Waals surface area contributed by atoms with Crippen molar-refractivity contribution >= 4 is 11.8 Å². The number of piperazine rings is 1. The highest BCUT2D eigenvalue weighted by Gasteiger charge is 2.30. The SMILES string of the molecule is O=C(CN(C(=O)c1ccc(F)c(F)c1)C1CCCCC1)N1CCNCC1. The standard InChI is InChI=1S/C19H25F2N3O2/c20-16-7-6-14(12-17(16)21)19(26)24(15-4-2-1-3-5-15)13-18(25)23-10-8-22-9-11-23/h6-7,12,15,22H,1-5,8-11,13H2. The van der Waals surface area contributed by atoms with Gasteiger partial charge >= 0.3 is 0 Å². The third-order valence-electron chi connectivity index (χ3n) is 5.22. The maximum Gasteiger partial charge on any atom is 0.254 e. The van der Waals surface area contributed by atoms with Crippen LogP contribution < -0.4 is 5.32 Å². The lowest BCUT2D eigenvalue weighted by molar-refractivity contribution is -0.133. The molecule has 5 nitrogen and oxygen atoms in total. The first-order valence-electron chi connectivity index (χ1n) is 9.31. The van der Waals surface area contributed by atoms with E-state index in [0.29, 0.717) is 13.1 Å². The van der Waals surface area contributed by atoms with E-state index >= 15 is 0 Å². The highest BCUT2D eigenvalue weighted by Crippen LogP contribution is 2.24. The molecule has 2 aliphatic rings. The zero-order chi connectivity index (χ0) is 18.5. The Morgan fingerprint density at radius 1 is 1.08 bits per heavy atom. The van der Waals surface area contributed by atoms with Crippen LogP contribution in [0.3, 0.4) is 0 Å². The highest BCUT2D eigenvalue weighted by molar-refractivity contribution is 5.96. The maximum absolute atomic E-state index is 13.6. The van der Waals surface area contributed by atoms with Gasteiger partial charge in [0.15, 0.2) is 11.6 Å². The first-order chi connectivity index (χ1) is 12.6. The molecular formula is C19H25F2N3O2. The predicted molar refractivity (Wildman–Crippen MR) is 93.7 cm³/mol. The number of nitrogens with zero attached hydrogens (tertiary/aromatic N) is 2. The quantitative estimate of drug-likeness (QED) is 0.890. The van der Waals surface area contributed by atoms with Crippen LogP contribution >= 0.6 is 0 Å². The molecule has 1 heterocycles. The molecule has 2 fully saturated rings. The molecule has 1 aliphatic heterocycles. The number of rotatable bonds is 4. The van der Waals surface area contributed by atoms with Crippen LogP contribution in [0.2, 0.25) is 0 Å². The summed E-state index contributed by atoms with van der Waals surface area (Å²) in [6.07, 6.45) is 4.81. The van der Waals surface area contributed by atoms with Gasteiger partial charge in [-0.15, -0.1) is 0 Å². The van der Waals surface area contributed by atoms with Crippen LogP contribution in [0.1, 0.15) is 42.5 Å². The number of halogens is 2. The Bertz CT molecular complexity index is 656. The van der Waals surface area contributed by atoms with Gasteiger partial charge in [-0.1, -0.05) is 19.3 Å². The molecule has 142 valence electrons. The van der Waals surface area contributed by atoms with Crippen LogP contribution in [0, 0.1) is 11.6 Å². The Hall–Kier alpha value is -2.02. The van der Waals surface area contributed by atoms with Gasteiger partial charge in [0.05, 0.1) is 0 Å². The number of carbonyl (C=O) groups is 2. The molecule has 1 N–H and O–H groups in total. The number of benzene rings is 1. The fourth-order valence-corrected chi connectivity index (χ4v) is 3.71. The van der Waals surface area contributed by atoms with Gasteiger partial charge < -0.3 is 15.1 Å². The van der Waals surface area contributed by atoms with Gasteiger partial charge in [0, 0.05) is 37.8 Å². The minimum atomic E-state index is -1.05. The lowest BCUT2D eigenvalue weighted by Gasteiger charge is -2.36. The average Bonchev–Trinajstić information content (AvgIpc) is 2.69. The minimum Gasteiger partial charge on any atom is -0.339 e. The normalized spacial score (nSPS) is 18.6. The van der Waals surface area contributed by atoms with E-state index in [9.17, 15) is 18.4 Å². The van der Waals surface area contributed by atoms with Crippen LogP contribution in [0.5, 0.6) is 0 Å². The third kappa shape index (κ3) is 4.38. The summed E-state index contributed by atoms with van der Waals surface area (Å²) in [7, 11) is 0. The van der Waals surface area contributed by atoms with E-state index in [-0.39, 0.29) is 24.1 Å². The molecule has 7 heteroatoms. The molecule has 1 saturated carbocycles. The molecule has 2 amide bonds. The van der Waals surface area contributed by atoms with E-state index in [1.54, 1.807) is 9.80 Å². The molecule has 0 unspecified atom stereocenters. The van der Waals surface area contributed by atoms with Gasteiger partial charge in [0.1, 0.15) is 6.54 Å². The fraction of sp³-hybridized carbons (Fsp3) is 0.579. The highest BCUT2D eigenvalue weighted by atomic mass is 19.2. The molecule has 0 aromatic heterocycles. The van der Waals surface area contributed by atoms with Crippen LogP contribution in [-0.4, -0.2) is 60.4 Å². The van der Waals surface area contributed by atoms with E-state index in [1.165, 1.54) is 6.07 Å². The predicted octanol–water partition coefficient (Wildman–Crippen LogP) is 2.17. The molecule has 1 aliphatic carbocycles. The zero-order valence-electron chi connectivity index (χ0n) is 14.8. The topological polar surface area (TPSA) is 52.7 Å². The second-order valence-electron chi connectivity index (χ2n) is 6.98. The van der Waals surface area contributed by atoms with Gasteiger partial charge in [-0.25, -0.2) is 8.78 Å². The number of hydrogen-bond donors (Lipinski definition) is 1. The van der Waals surface area contributed by atoms with Crippen molar-refractivity contribution in [3.05, 3.63) is 35.4 Å². The third-order valence-corrected chi connectivity index (χ3v) is 5.22. The molecule has 1 aromatic carbocycles. The van der Waals surface area contributed by atoms with Crippen LogP contribution in [0.4, 0.5) is 8.78 Å². The van der Waals surface area contributed by atoms with Crippen molar-refractivity contribution < 1.29 is 18.4 Å². The molecule has 3 rings (SSSR count). The summed E-state index contributed by atoms with van der Waals surface area (Å²) in [6, 6.07) is 3.13. The second kappa shape index (κ2) is 8.58. The summed E-state index contributed by atoms with van der Waals surface area (Å²) in [5.41, 5.74) is 0.0857. The average molecular weight is 365 g/mol. The Morgan fingerprint density at radius 2 is 1.77 bits per heavy atom. The molecular weight excluding hydrogens is 340 g/mol. The Kier molecular flexibility index (Phi) is 6.19. The van der Waals surface area contributed by atoms with Gasteiger partial charge in [-0.05, 0) is 31.0 Å². The van der Waals surface area contributed by atoms with Crippen LogP contribution in [0.15, 0.2) is 18.2 Å². The first-order valence-corrected chi connectivity index (χ1v) is 9.31. The minimum absolute atomic E-state index is 0.0114. The number of nitrogens with one attached hydrogen (secondary N) is 1. The fourth-order valence-electron chi connectivity index (χ4n) is 3.71. The summed E-state index contributed by atoms with van der Waals surface area (Å²) in [5, 5.41) is 3.19. The molecule has 0 atom stereocenters. The smallest absolute Gasteiger partial charge is 0.254 e. The second-order valence-corrected chi connectivity index (χ2v) is 6.98. The van der Waals surface area contributed by atoms with Crippen LogP contribution in [-0.2, 0) is 4.79 Å². The molecule has 26 heavy (non-hydrogen) atoms. The summed E-state index contributed by atoms with van der Waals surface area (Å²) in [5.74, 6) is -2.53. The maximum atomic E-state index is 13.6. The van der Waals surface area contributed by atoms with E-state index < -0.39 is 17.5 Å². The van der Waals surface area contributed by atoms with Crippen molar-refractivity contribution in [3.8, 4) is 0 Å². The largest absolute Gasteiger partial charge is 0.339 e. The molecule has 0 radical (unpaired) electrons. The monoisotopic (exact) mass is 365 g/mol. The van der Waals surface area contributed by atoms with E-state index in [2.05, 4.69) is 5.32 Å². The number of amides is 2. The summed E-state index contributed by atoms with van der Waals surface area (Å²) in [6.45, 7) is 2.72. The van der Waals surface area contributed by atoms with E-state index in [0.717, 1.165) is 57.3 Å². The number of hydrogen-bond acceptors (Lipinski definition) is 3. The van der Waals surface area contributed by atoms with E-state index in [4.69, 9.17) is 0 Å². The number of carbonyl (C=O) groups excluding carboxylic acids is 2. The Morgan fingerprint density at radius 3 is 2.42 bits per heavy atom. The van der Waals surface area contributed by atoms with Crippen molar-refractivity contribution in [2.24, 2.45) is 0 Å². The lowest BCUT2D eigenvalue weighted by atomic mass is 9.93. The van der Waals surface area contributed by atoms with Gasteiger partial charge in [-0.3, -0.25) is 9.59 Å². The molecule has 1 saturated heterocycles. The van der Waals surface area contributed by atoms with Gasteiger partial charge in [0.2, 0.25) is 5.91 Å². The van der Waals surface area contributed by atoms with Crippen molar-refractivity contribution in [2.75, 3.05) is 32.7 Å². The van der Waals surface area contributed by atoms with Gasteiger partial charge in [-0.2, -0.15) is 0 Å².